The largest absolute Gasteiger partial charge is 0.489 e. The molecule has 1 aliphatic rings. The number of hydrogen-bond acceptors (Lipinski definition) is 4. The first-order valence-corrected chi connectivity index (χ1v) is 9.02. The van der Waals surface area contributed by atoms with Crippen LogP contribution in [0, 0.1) is 0 Å². The predicted octanol–water partition coefficient (Wildman–Crippen LogP) is 3.07. The lowest BCUT2D eigenvalue weighted by Crippen LogP contribution is -2.53. The molecule has 0 saturated carbocycles. The Balaban J connectivity index is 0.00000261. The van der Waals surface area contributed by atoms with Gasteiger partial charge in [0.05, 0.1) is 0 Å². The van der Waals surface area contributed by atoms with E-state index in [1.54, 1.807) is 7.11 Å². The zero-order chi connectivity index (χ0) is 18.2. The van der Waals surface area contributed by atoms with Crippen LogP contribution >= 0.6 is 12.4 Å². The highest BCUT2D eigenvalue weighted by Gasteiger charge is 2.39. The lowest BCUT2D eigenvalue weighted by molar-refractivity contribution is -0.146. The number of piperidine rings is 1. The van der Waals surface area contributed by atoms with E-state index >= 15 is 0 Å². The van der Waals surface area contributed by atoms with Crippen molar-refractivity contribution < 1.29 is 14.3 Å². The number of amides is 1. The monoisotopic (exact) mass is 390 g/mol. The van der Waals surface area contributed by atoms with Crippen LogP contribution in [0.4, 0.5) is 0 Å². The molecule has 1 fully saturated rings. The molecule has 0 radical (unpaired) electrons. The summed E-state index contributed by atoms with van der Waals surface area (Å²) < 4.78 is 11.3. The maximum absolute atomic E-state index is 12.6. The van der Waals surface area contributed by atoms with E-state index in [0.717, 1.165) is 30.0 Å². The molecule has 0 aromatic heterocycles. The number of hydrogen-bond donors (Lipinski definition) is 2. The average molecular weight is 391 g/mol. The van der Waals surface area contributed by atoms with Crippen LogP contribution in [0.3, 0.4) is 0 Å². The van der Waals surface area contributed by atoms with E-state index in [2.05, 4.69) is 10.6 Å². The number of halogens is 1. The van der Waals surface area contributed by atoms with E-state index < -0.39 is 5.60 Å². The first-order chi connectivity index (χ1) is 12.7. The first-order valence-electron chi connectivity index (χ1n) is 9.02. The quantitative estimate of drug-likeness (QED) is 0.762. The van der Waals surface area contributed by atoms with Crippen molar-refractivity contribution in [1.82, 2.24) is 10.6 Å². The van der Waals surface area contributed by atoms with E-state index in [-0.39, 0.29) is 18.3 Å². The fourth-order valence-electron chi connectivity index (χ4n) is 3.13. The van der Waals surface area contributed by atoms with Crippen LogP contribution in [-0.2, 0) is 22.7 Å². The molecular formula is C21H27ClN2O3. The zero-order valence-corrected chi connectivity index (χ0v) is 16.4. The van der Waals surface area contributed by atoms with Gasteiger partial charge in [0.15, 0.2) is 0 Å². The molecule has 0 spiro atoms. The minimum absolute atomic E-state index is 0. The van der Waals surface area contributed by atoms with E-state index in [4.69, 9.17) is 9.47 Å². The van der Waals surface area contributed by atoms with Gasteiger partial charge in [0.25, 0.3) is 5.91 Å². The topological polar surface area (TPSA) is 59.6 Å². The van der Waals surface area contributed by atoms with E-state index in [1.807, 2.05) is 54.6 Å². The summed E-state index contributed by atoms with van der Waals surface area (Å²) in [6.07, 6.45) is 1.40. The Morgan fingerprint density at radius 2 is 1.67 bits per heavy atom. The molecule has 2 aromatic carbocycles. The Bertz CT molecular complexity index is 701. The second-order valence-electron chi connectivity index (χ2n) is 6.55. The summed E-state index contributed by atoms with van der Waals surface area (Å²) in [6.45, 7) is 2.63. The molecule has 3 rings (SSSR count). The molecule has 0 aliphatic carbocycles. The molecule has 5 nitrogen and oxygen atoms in total. The Morgan fingerprint density at radius 3 is 2.30 bits per heavy atom. The van der Waals surface area contributed by atoms with Gasteiger partial charge in [-0.3, -0.25) is 4.79 Å². The van der Waals surface area contributed by atoms with Crippen molar-refractivity contribution in [2.45, 2.75) is 31.6 Å². The summed E-state index contributed by atoms with van der Waals surface area (Å²) in [5.74, 6) is 0.827. The highest BCUT2D eigenvalue weighted by Crippen LogP contribution is 2.22. The van der Waals surface area contributed by atoms with Gasteiger partial charge >= 0.3 is 0 Å². The van der Waals surface area contributed by atoms with Crippen molar-refractivity contribution in [3.05, 3.63) is 65.7 Å². The van der Waals surface area contributed by atoms with Gasteiger partial charge in [0, 0.05) is 13.7 Å². The predicted molar refractivity (Wildman–Crippen MR) is 108 cm³/mol. The molecule has 2 aromatic rings. The molecule has 1 aliphatic heterocycles. The maximum Gasteiger partial charge on any atom is 0.252 e. The van der Waals surface area contributed by atoms with Crippen LogP contribution in [0.2, 0.25) is 0 Å². The summed E-state index contributed by atoms with van der Waals surface area (Å²) in [6, 6.07) is 17.9. The van der Waals surface area contributed by atoms with Crippen molar-refractivity contribution >= 4 is 18.3 Å². The van der Waals surface area contributed by atoms with Crippen LogP contribution in [0.25, 0.3) is 0 Å². The van der Waals surface area contributed by atoms with Crippen LogP contribution in [0.15, 0.2) is 54.6 Å². The molecule has 0 bridgehead atoms. The molecule has 0 unspecified atom stereocenters. The second kappa shape index (κ2) is 10.3. The summed E-state index contributed by atoms with van der Waals surface area (Å²) in [5.41, 5.74) is 1.45. The number of ether oxygens (including phenoxy) is 2. The van der Waals surface area contributed by atoms with Crippen LogP contribution in [-0.4, -0.2) is 31.7 Å². The van der Waals surface area contributed by atoms with Gasteiger partial charge in [-0.15, -0.1) is 12.4 Å². The maximum atomic E-state index is 12.6. The fourth-order valence-corrected chi connectivity index (χ4v) is 3.13. The molecule has 1 saturated heterocycles. The van der Waals surface area contributed by atoms with Gasteiger partial charge in [-0.1, -0.05) is 42.5 Å². The van der Waals surface area contributed by atoms with Crippen molar-refractivity contribution in [2.75, 3.05) is 20.2 Å². The van der Waals surface area contributed by atoms with Crippen molar-refractivity contribution in [1.29, 1.82) is 0 Å². The molecule has 6 heteroatoms. The lowest BCUT2D eigenvalue weighted by atomic mass is 9.91. The smallest absolute Gasteiger partial charge is 0.252 e. The van der Waals surface area contributed by atoms with Crippen molar-refractivity contribution in [3.8, 4) is 5.75 Å². The van der Waals surface area contributed by atoms with Gasteiger partial charge in [0.1, 0.15) is 18.0 Å². The number of nitrogens with one attached hydrogen (secondary N) is 2. The molecule has 0 atom stereocenters. The molecule has 1 heterocycles. The van der Waals surface area contributed by atoms with Gasteiger partial charge in [-0.2, -0.15) is 0 Å². The number of carbonyl (C=O) groups is 1. The molecule has 146 valence electrons. The van der Waals surface area contributed by atoms with E-state index in [1.165, 1.54) is 0 Å². The standard InChI is InChI=1S/C21H26N2O3.ClH/c1-25-21(11-13-22-14-12-21)20(24)23-15-17-7-9-18(10-8-17)16-26-19-5-3-2-4-6-19;/h2-10,22H,11-16H2,1H3,(H,23,24);1H. The third kappa shape index (κ3) is 5.70. The Kier molecular flexibility index (Phi) is 8.10. The van der Waals surface area contributed by atoms with E-state index in [9.17, 15) is 4.79 Å². The molecular weight excluding hydrogens is 364 g/mol. The molecule has 2 N–H and O–H groups in total. The van der Waals surface area contributed by atoms with E-state index in [0.29, 0.717) is 26.0 Å². The zero-order valence-electron chi connectivity index (χ0n) is 15.6. The van der Waals surface area contributed by atoms with Gasteiger partial charge in [0.2, 0.25) is 0 Å². The van der Waals surface area contributed by atoms with Gasteiger partial charge in [-0.05, 0) is 49.2 Å². The van der Waals surface area contributed by atoms with Crippen LogP contribution < -0.4 is 15.4 Å². The number of para-hydroxylation sites is 1. The summed E-state index contributed by atoms with van der Waals surface area (Å²) >= 11 is 0. The highest BCUT2D eigenvalue weighted by atomic mass is 35.5. The first kappa shape index (κ1) is 21.2. The number of carbonyl (C=O) groups excluding carboxylic acids is 1. The second-order valence-corrected chi connectivity index (χ2v) is 6.55. The number of methoxy groups -OCH3 is 1. The highest BCUT2D eigenvalue weighted by molar-refractivity contribution is 5.85. The normalized spacial score (nSPS) is 15.4. The Morgan fingerprint density at radius 1 is 1.04 bits per heavy atom. The summed E-state index contributed by atoms with van der Waals surface area (Å²) in [5, 5.41) is 6.28. The van der Waals surface area contributed by atoms with Crippen molar-refractivity contribution in [2.24, 2.45) is 0 Å². The minimum Gasteiger partial charge on any atom is -0.489 e. The molecule has 1 amide bonds. The SMILES string of the molecule is COC1(C(=O)NCc2ccc(COc3ccccc3)cc2)CCNCC1.Cl. The third-order valence-corrected chi connectivity index (χ3v) is 4.84. The fraction of sp³-hybridized carbons (Fsp3) is 0.381. The summed E-state index contributed by atoms with van der Waals surface area (Å²) in [7, 11) is 1.62. The summed E-state index contributed by atoms with van der Waals surface area (Å²) in [4.78, 5) is 12.6. The number of benzene rings is 2. The third-order valence-electron chi connectivity index (χ3n) is 4.84. The van der Waals surface area contributed by atoms with Gasteiger partial charge < -0.3 is 20.1 Å². The van der Waals surface area contributed by atoms with Gasteiger partial charge in [-0.25, -0.2) is 0 Å². The Hall–Kier alpha value is -2.08. The van der Waals surface area contributed by atoms with Crippen molar-refractivity contribution in [3.63, 3.8) is 0 Å². The minimum atomic E-state index is -0.700. The Labute approximate surface area is 166 Å². The average Bonchev–Trinajstić information content (AvgIpc) is 2.72. The van der Waals surface area contributed by atoms with Crippen LogP contribution in [0.1, 0.15) is 24.0 Å². The lowest BCUT2D eigenvalue weighted by Gasteiger charge is -2.34. The molecule has 27 heavy (non-hydrogen) atoms. The number of rotatable bonds is 7. The van der Waals surface area contributed by atoms with Crippen LogP contribution in [0.5, 0.6) is 5.75 Å².